The van der Waals surface area contributed by atoms with Gasteiger partial charge in [-0.25, -0.2) is 4.98 Å². The summed E-state index contributed by atoms with van der Waals surface area (Å²) < 4.78 is 1.16. The molecule has 2 heterocycles. The van der Waals surface area contributed by atoms with Crippen LogP contribution in [0.2, 0.25) is 0 Å². The lowest BCUT2D eigenvalue weighted by molar-refractivity contribution is 0.501. The van der Waals surface area contributed by atoms with E-state index in [1.165, 1.54) is 33.3 Å². The molecule has 0 radical (unpaired) electrons. The van der Waals surface area contributed by atoms with E-state index in [1.807, 2.05) is 18.4 Å². The fourth-order valence-corrected chi connectivity index (χ4v) is 5.29. The van der Waals surface area contributed by atoms with Gasteiger partial charge in [-0.1, -0.05) is 0 Å². The molecule has 2 nitrogen and oxygen atoms in total. The number of nitrogens with one attached hydrogen (secondary N) is 1. The third-order valence-electron chi connectivity index (χ3n) is 3.11. The fraction of sp³-hybridized carbons (Fsp3) is 0.417. The van der Waals surface area contributed by atoms with E-state index in [0.29, 0.717) is 6.04 Å². The van der Waals surface area contributed by atoms with Crippen molar-refractivity contribution in [1.29, 1.82) is 0 Å². The van der Waals surface area contributed by atoms with E-state index >= 15 is 0 Å². The summed E-state index contributed by atoms with van der Waals surface area (Å²) in [4.78, 5) is 7.51. The summed E-state index contributed by atoms with van der Waals surface area (Å²) in [5.41, 5.74) is 1.30. The number of thiazole rings is 1. The Morgan fingerprint density at radius 2 is 2.41 bits per heavy atom. The number of nitrogens with zero attached hydrogens (tertiary/aromatic N) is 1. The van der Waals surface area contributed by atoms with Crippen LogP contribution in [0.15, 0.2) is 15.9 Å². The first-order valence-electron chi connectivity index (χ1n) is 5.70. The Morgan fingerprint density at radius 1 is 1.53 bits per heavy atom. The number of hydrogen-bond acceptors (Lipinski definition) is 4. The van der Waals surface area contributed by atoms with Crippen molar-refractivity contribution in [3.05, 3.63) is 26.5 Å². The lowest BCUT2D eigenvalue weighted by Gasteiger charge is -2.19. The highest BCUT2D eigenvalue weighted by molar-refractivity contribution is 9.10. The molecule has 0 saturated carbocycles. The summed E-state index contributed by atoms with van der Waals surface area (Å²) in [6.07, 6.45) is 3.61. The Kier molecular flexibility index (Phi) is 3.34. The van der Waals surface area contributed by atoms with Crippen LogP contribution in [0.4, 0.5) is 0 Å². The molecule has 1 aliphatic rings. The van der Waals surface area contributed by atoms with E-state index in [-0.39, 0.29) is 0 Å². The quantitative estimate of drug-likeness (QED) is 0.892. The van der Waals surface area contributed by atoms with Gasteiger partial charge >= 0.3 is 0 Å². The summed E-state index contributed by atoms with van der Waals surface area (Å²) in [5.74, 6) is 0. The van der Waals surface area contributed by atoms with Gasteiger partial charge in [-0.2, -0.15) is 0 Å². The monoisotopic (exact) mass is 328 g/mol. The van der Waals surface area contributed by atoms with Crippen LogP contribution < -0.4 is 5.32 Å². The molecule has 0 aromatic carbocycles. The Hall–Kier alpha value is -0.230. The number of hydrogen-bond donors (Lipinski definition) is 1. The standard InChI is InChI=1S/C12H13BrN2S2/c1-14-8-3-2-4-9-11(8)17-12(15-9)10-7(13)5-6-16-10/h5-6,8,14H,2-4H2,1H3. The molecule has 90 valence electrons. The lowest BCUT2D eigenvalue weighted by Crippen LogP contribution is -2.19. The number of fused-ring (bicyclic) bond motifs is 1. The summed E-state index contributed by atoms with van der Waals surface area (Å²) in [7, 11) is 2.04. The van der Waals surface area contributed by atoms with Crippen molar-refractivity contribution in [3.8, 4) is 9.88 Å². The zero-order valence-corrected chi connectivity index (χ0v) is 12.7. The summed E-state index contributed by atoms with van der Waals surface area (Å²) in [5, 5.41) is 6.67. The minimum Gasteiger partial charge on any atom is -0.312 e. The van der Waals surface area contributed by atoms with Gasteiger partial charge < -0.3 is 5.32 Å². The van der Waals surface area contributed by atoms with E-state index in [4.69, 9.17) is 4.98 Å². The Morgan fingerprint density at radius 3 is 3.12 bits per heavy atom. The Balaban J connectivity index is 2.04. The Bertz CT molecular complexity index is 532. The van der Waals surface area contributed by atoms with Crippen LogP contribution in [0.3, 0.4) is 0 Å². The topological polar surface area (TPSA) is 24.9 Å². The SMILES string of the molecule is CNC1CCCc2nc(-c3sccc3Br)sc21. The maximum atomic E-state index is 4.81. The average molecular weight is 329 g/mol. The number of thiophene rings is 1. The third kappa shape index (κ3) is 2.10. The predicted octanol–water partition coefficient (Wildman–Crippen LogP) is 4.23. The second kappa shape index (κ2) is 4.80. The van der Waals surface area contributed by atoms with Gasteiger partial charge in [0, 0.05) is 15.4 Å². The lowest BCUT2D eigenvalue weighted by atomic mass is 9.98. The first kappa shape index (κ1) is 11.8. The maximum Gasteiger partial charge on any atom is 0.135 e. The molecule has 0 spiro atoms. The van der Waals surface area contributed by atoms with Gasteiger partial charge in [-0.15, -0.1) is 22.7 Å². The van der Waals surface area contributed by atoms with Gasteiger partial charge in [0.1, 0.15) is 5.01 Å². The van der Waals surface area contributed by atoms with Crippen molar-refractivity contribution >= 4 is 38.6 Å². The van der Waals surface area contributed by atoms with Crippen molar-refractivity contribution < 1.29 is 0 Å². The molecule has 0 fully saturated rings. The molecule has 0 saturated heterocycles. The third-order valence-corrected chi connectivity index (χ3v) is 6.31. The van der Waals surface area contributed by atoms with Crippen molar-refractivity contribution in [1.82, 2.24) is 10.3 Å². The molecular weight excluding hydrogens is 316 g/mol. The van der Waals surface area contributed by atoms with E-state index in [9.17, 15) is 0 Å². The van der Waals surface area contributed by atoms with Gasteiger partial charge in [0.05, 0.1) is 10.6 Å². The summed E-state index contributed by atoms with van der Waals surface area (Å²) in [6.45, 7) is 0. The maximum absolute atomic E-state index is 4.81. The molecule has 17 heavy (non-hydrogen) atoms. The highest BCUT2D eigenvalue weighted by Crippen LogP contribution is 2.41. The molecule has 1 unspecified atom stereocenters. The second-order valence-electron chi connectivity index (χ2n) is 4.16. The van der Waals surface area contributed by atoms with Crippen LogP contribution in [-0.2, 0) is 6.42 Å². The summed E-state index contributed by atoms with van der Waals surface area (Å²) in [6, 6.07) is 2.60. The zero-order chi connectivity index (χ0) is 11.8. The van der Waals surface area contributed by atoms with Gasteiger partial charge in [0.15, 0.2) is 0 Å². The number of rotatable bonds is 2. The molecule has 2 aromatic heterocycles. The van der Waals surface area contributed by atoms with Crippen LogP contribution >= 0.6 is 38.6 Å². The predicted molar refractivity (Wildman–Crippen MR) is 77.9 cm³/mol. The number of halogens is 1. The summed E-state index contributed by atoms with van der Waals surface area (Å²) >= 11 is 7.19. The number of aromatic nitrogens is 1. The highest BCUT2D eigenvalue weighted by Gasteiger charge is 2.24. The molecule has 0 amide bonds. The Labute approximate surface area is 117 Å². The van der Waals surface area contributed by atoms with Crippen molar-refractivity contribution in [2.24, 2.45) is 0 Å². The van der Waals surface area contributed by atoms with Crippen LogP contribution in [0.5, 0.6) is 0 Å². The second-order valence-corrected chi connectivity index (χ2v) is 6.96. The molecular formula is C12H13BrN2S2. The molecule has 3 rings (SSSR count). The zero-order valence-electron chi connectivity index (χ0n) is 9.50. The highest BCUT2D eigenvalue weighted by atomic mass is 79.9. The van der Waals surface area contributed by atoms with Gasteiger partial charge in [0.25, 0.3) is 0 Å². The van der Waals surface area contributed by atoms with Gasteiger partial charge in [-0.05, 0) is 53.7 Å². The molecule has 0 bridgehead atoms. The molecule has 0 aliphatic heterocycles. The van der Waals surface area contributed by atoms with Gasteiger partial charge in [-0.3, -0.25) is 0 Å². The fourth-order valence-electron chi connectivity index (χ4n) is 2.24. The smallest absolute Gasteiger partial charge is 0.135 e. The normalized spacial score (nSPS) is 19.3. The first-order chi connectivity index (χ1) is 8.29. The minimum absolute atomic E-state index is 0.503. The van der Waals surface area contributed by atoms with Crippen LogP contribution in [-0.4, -0.2) is 12.0 Å². The minimum atomic E-state index is 0.503. The van der Waals surface area contributed by atoms with E-state index in [2.05, 4.69) is 32.7 Å². The van der Waals surface area contributed by atoms with Crippen molar-refractivity contribution in [2.45, 2.75) is 25.3 Å². The van der Waals surface area contributed by atoms with Crippen LogP contribution in [0, 0.1) is 0 Å². The number of aryl methyl sites for hydroxylation is 1. The van der Waals surface area contributed by atoms with Crippen LogP contribution in [0.1, 0.15) is 29.5 Å². The van der Waals surface area contributed by atoms with Crippen molar-refractivity contribution in [3.63, 3.8) is 0 Å². The molecule has 1 N–H and O–H groups in total. The van der Waals surface area contributed by atoms with E-state index in [1.54, 1.807) is 11.3 Å². The average Bonchev–Trinajstić information content (AvgIpc) is 2.93. The molecule has 1 aliphatic carbocycles. The van der Waals surface area contributed by atoms with Crippen molar-refractivity contribution in [2.75, 3.05) is 7.05 Å². The molecule has 1 atom stereocenters. The molecule has 2 aromatic rings. The van der Waals surface area contributed by atoms with Crippen LogP contribution in [0.25, 0.3) is 9.88 Å². The molecule has 5 heteroatoms. The van der Waals surface area contributed by atoms with Gasteiger partial charge in [0.2, 0.25) is 0 Å². The first-order valence-corrected chi connectivity index (χ1v) is 8.18. The van der Waals surface area contributed by atoms with E-state index in [0.717, 1.165) is 10.9 Å². The van der Waals surface area contributed by atoms with E-state index < -0.39 is 0 Å². The largest absolute Gasteiger partial charge is 0.312 e.